The number of carbonyl (C=O) groups is 3. The number of aliphatic hydroxyl groups excluding tert-OH is 1. The summed E-state index contributed by atoms with van der Waals surface area (Å²) in [5.74, 6) is -0.950. The molecular formula is C42H49NO6. The number of fused-ring (bicyclic) bond motifs is 7. The van der Waals surface area contributed by atoms with Gasteiger partial charge in [0, 0.05) is 23.5 Å². The summed E-state index contributed by atoms with van der Waals surface area (Å²) < 4.78 is 11.2. The first-order valence-electron chi connectivity index (χ1n) is 17.7. The van der Waals surface area contributed by atoms with Gasteiger partial charge in [-0.1, -0.05) is 75.8 Å². The predicted molar refractivity (Wildman–Crippen MR) is 187 cm³/mol. The van der Waals surface area contributed by atoms with Gasteiger partial charge in [0.1, 0.15) is 6.07 Å². The maximum Gasteiger partial charge on any atom is 0.332 e. The lowest BCUT2D eigenvalue weighted by Gasteiger charge is -2.70. The van der Waals surface area contributed by atoms with Gasteiger partial charge in [-0.05, 0) is 104 Å². The van der Waals surface area contributed by atoms with Crippen LogP contribution in [0.3, 0.4) is 0 Å². The van der Waals surface area contributed by atoms with Crippen molar-refractivity contribution < 1.29 is 29.0 Å². The largest absolute Gasteiger partial charge is 0.504 e. The fourth-order valence-corrected chi connectivity index (χ4v) is 10.2. The van der Waals surface area contributed by atoms with Crippen molar-refractivity contribution in [2.24, 2.45) is 33.0 Å². The highest BCUT2D eigenvalue weighted by Gasteiger charge is 2.67. The number of benzene rings is 1. The number of esters is 2. The Hall–Kier alpha value is -4.18. The number of hydrogen-bond acceptors (Lipinski definition) is 7. The van der Waals surface area contributed by atoms with Crippen molar-refractivity contribution in [3.63, 3.8) is 0 Å². The first-order valence-corrected chi connectivity index (χ1v) is 17.7. The van der Waals surface area contributed by atoms with Gasteiger partial charge < -0.3 is 14.6 Å². The van der Waals surface area contributed by atoms with Gasteiger partial charge in [0.25, 0.3) is 0 Å². The Labute approximate surface area is 290 Å². The van der Waals surface area contributed by atoms with Gasteiger partial charge in [-0.2, -0.15) is 5.26 Å². The van der Waals surface area contributed by atoms with E-state index in [1.807, 2.05) is 19.1 Å². The topological polar surface area (TPSA) is 114 Å². The number of ketones is 1. The Morgan fingerprint density at radius 2 is 1.65 bits per heavy atom. The summed E-state index contributed by atoms with van der Waals surface area (Å²) in [5.41, 5.74) is 3.93. The number of ether oxygens (including phenoxy) is 2. The third-order valence-electron chi connectivity index (χ3n) is 13.6. The second-order valence-electron chi connectivity index (χ2n) is 16.3. The number of aliphatic hydroxyl groups is 1. The normalized spacial score (nSPS) is 35.3. The van der Waals surface area contributed by atoms with Crippen LogP contribution in [0, 0.1) is 44.3 Å². The monoisotopic (exact) mass is 663 g/mol. The van der Waals surface area contributed by atoms with Crippen LogP contribution in [0.5, 0.6) is 0 Å². The Morgan fingerprint density at radius 1 is 0.959 bits per heavy atom. The molecule has 3 fully saturated rings. The average Bonchev–Trinajstić information content (AvgIpc) is 3.08. The van der Waals surface area contributed by atoms with Gasteiger partial charge >= 0.3 is 11.9 Å². The molecule has 6 rings (SSSR count). The molecule has 5 aliphatic rings. The van der Waals surface area contributed by atoms with Crippen molar-refractivity contribution in [1.82, 2.24) is 0 Å². The van der Waals surface area contributed by atoms with Crippen LogP contribution < -0.4 is 0 Å². The zero-order chi connectivity index (χ0) is 35.4. The van der Waals surface area contributed by atoms with Crippen LogP contribution in [0.2, 0.25) is 0 Å². The number of hydrogen-bond donors (Lipinski definition) is 1. The van der Waals surface area contributed by atoms with Crippen molar-refractivity contribution in [2.75, 3.05) is 13.2 Å². The van der Waals surface area contributed by atoms with Gasteiger partial charge in [-0.3, -0.25) is 9.59 Å². The van der Waals surface area contributed by atoms with Crippen molar-refractivity contribution >= 4 is 23.3 Å². The van der Waals surface area contributed by atoms with E-state index in [-0.39, 0.29) is 58.0 Å². The molecule has 0 radical (unpaired) electrons. The van der Waals surface area contributed by atoms with E-state index in [2.05, 4.69) is 46.8 Å². The standard InChI is InChI=1S/C42H49NO6/c1-27-30-13-14-33-40(4,31(30)24-32(44)36(27)46)18-20-42(6)34-25-39(3,16-15-38(34,2)17-19-41(33,42)5)37(47)49-22-10-21-48-35(45)23-29(26-43)28-11-8-7-9-12-28/h7-9,11-14,23-24,34,46H,10,15-22,25H2,1-6H3/b29-23+/t34-,38-,39-,40+,41-,42+/m1/s1. The molecule has 6 atom stereocenters. The summed E-state index contributed by atoms with van der Waals surface area (Å²) >= 11 is 0. The van der Waals surface area contributed by atoms with Gasteiger partial charge in [0.05, 0.1) is 24.2 Å². The minimum atomic E-state index is -0.616. The molecule has 0 aliphatic heterocycles. The van der Waals surface area contributed by atoms with Crippen molar-refractivity contribution in [3.8, 4) is 6.07 Å². The van der Waals surface area contributed by atoms with Crippen LogP contribution in [0.1, 0.15) is 98.5 Å². The molecule has 1 aromatic rings. The smallest absolute Gasteiger partial charge is 0.332 e. The third-order valence-corrected chi connectivity index (χ3v) is 13.6. The number of allylic oxidation sites excluding steroid dienone is 8. The maximum atomic E-state index is 13.7. The highest BCUT2D eigenvalue weighted by Crippen LogP contribution is 2.75. The highest BCUT2D eigenvalue weighted by atomic mass is 16.5. The Kier molecular flexibility index (Phi) is 8.70. The van der Waals surface area contributed by atoms with Gasteiger partial charge in [0.2, 0.25) is 5.78 Å². The molecule has 0 spiro atoms. The Balaban J connectivity index is 1.13. The number of rotatable bonds is 7. The Bertz CT molecular complexity index is 1790. The van der Waals surface area contributed by atoms with Crippen LogP contribution >= 0.6 is 0 Å². The first-order chi connectivity index (χ1) is 23.1. The molecule has 0 bridgehead atoms. The summed E-state index contributed by atoms with van der Waals surface area (Å²) in [5, 5.41) is 19.9. The minimum absolute atomic E-state index is 0.0609. The second kappa shape index (κ2) is 12.3. The summed E-state index contributed by atoms with van der Waals surface area (Å²) in [6.07, 6.45) is 14.1. The third kappa shape index (κ3) is 5.52. The molecule has 258 valence electrons. The van der Waals surface area contributed by atoms with E-state index in [1.54, 1.807) is 30.3 Å². The van der Waals surface area contributed by atoms with E-state index in [4.69, 9.17) is 9.47 Å². The lowest BCUT2D eigenvalue weighted by atomic mass is 9.34. The predicted octanol–water partition coefficient (Wildman–Crippen LogP) is 8.70. The fraction of sp³-hybridized carbons (Fsp3) is 0.524. The lowest BCUT2D eigenvalue weighted by molar-refractivity contribution is -0.182. The van der Waals surface area contributed by atoms with Crippen molar-refractivity contribution in [3.05, 3.63) is 88.3 Å². The van der Waals surface area contributed by atoms with E-state index in [0.29, 0.717) is 23.5 Å². The molecule has 0 amide bonds. The molecule has 49 heavy (non-hydrogen) atoms. The maximum absolute atomic E-state index is 13.7. The Morgan fingerprint density at radius 3 is 2.37 bits per heavy atom. The SMILES string of the molecule is CC1=C(O)C(=O)C=C2C1=CC=C1[C@@]2(C)CC[C@@]2(C)[C@@H]3C[C@](C)(C(=O)OCCCOC(=O)/C=C(\C#N)c4ccccc4)CC[C@]3(C)CC[C@]12C. The summed E-state index contributed by atoms with van der Waals surface area (Å²) in [4.78, 5) is 38.9. The van der Waals surface area contributed by atoms with E-state index in [0.717, 1.165) is 56.1 Å². The molecule has 1 aromatic carbocycles. The van der Waals surface area contributed by atoms with Crippen LogP contribution in [-0.2, 0) is 23.9 Å². The van der Waals surface area contributed by atoms with Crippen molar-refractivity contribution in [1.29, 1.82) is 5.26 Å². The van der Waals surface area contributed by atoms with Gasteiger partial charge in [-0.25, -0.2) is 4.79 Å². The molecule has 0 saturated heterocycles. The van der Waals surface area contributed by atoms with Crippen LogP contribution in [0.4, 0.5) is 0 Å². The van der Waals surface area contributed by atoms with E-state index >= 15 is 0 Å². The number of nitriles is 1. The molecule has 7 nitrogen and oxygen atoms in total. The summed E-state index contributed by atoms with van der Waals surface area (Å²) in [6, 6.07) is 11.0. The summed E-state index contributed by atoms with van der Waals surface area (Å²) in [6.45, 7) is 13.7. The van der Waals surface area contributed by atoms with Crippen LogP contribution in [0.25, 0.3) is 5.57 Å². The van der Waals surface area contributed by atoms with Crippen LogP contribution in [0.15, 0.2) is 82.7 Å². The molecule has 5 aliphatic carbocycles. The molecular weight excluding hydrogens is 614 g/mol. The average molecular weight is 664 g/mol. The molecule has 3 saturated carbocycles. The van der Waals surface area contributed by atoms with E-state index < -0.39 is 11.4 Å². The fourth-order valence-electron chi connectivity index (χ4n) is 10.2. The number of carbonyl (C=O) groups excluding carboxylic acids is 3. The first kappa shape index (κ1) is 34.7. The molecule has 7 heteroatoms. The van der Waals surface area contributed by atoms with Gasteiger partial charge in [0.15, 0.2) is 5.76 Å². The number of nitrogens with zero attached hydrogens (tertiary/aromatic N) is 1. The molecule has 1 N–H and O–H groups in total. The van der Waals surface area contributed by atoms with E-state index in [9.17, 15) is 24.8 Å². The zero-order valence-electron chi connectivity index (χ0n) is 29.8. The highest BCUT2D eigenvalue weighted by molar-refractivity contribution is 6.06. The molecule has 0 unspecified atom stereocenters. The zero-order valence-corrected chi connectivity index (χ0v) is 29.8. The molecule has 0 aromatic heterocycles. The quantitative estimate of drug-likeness (QED) is 0.134. The minimum Gasteiger partial charge on any atom is -0.504 e. The second-order valence-corrected chi connectivity index (χ2v) is 16.3. The molecule has 0 heterocycles. The van der Waals surface area contributed by atoms with Gasteiger partial charge in [-0.15, -0.1) is 0 Å². The van der Waals surface area contributed by atoms with Crippen molar-refractivity contribution in [2.45, 2.75) is 92.9 Å². The summed E-state index contributed by atoms with van der Waals surface area (Å²) in [7, 11) is 0. The lowest BCUT2D eigenvalue weighted by Crippen LogP contribution is -2.62. The van der Waals surface area contributed by atoms with Crippen LogP contribution in [-0.4, -0.2) is 36.0 Å². The van der Waals surface area contributed by atoms with E-state index in [1.165, 1.54) is 11.6 Å².